The Morgan fingerprint density at radius 1 is 1.33 bits per heavy atom. The van der Waals surface area contributed by atoms with Crippen LogP contribution in [0.25, 0.3) is 0 Å². The zero-order chi connectivity index (χ0) is 15.1. The fourth-order valence-electron chi connectivity index (χ4n) is 2.17. The van der Waals surface area contributed by atoms with Crippen LogP contribution < -0.4 is 10.3 Å². The number of benzene rings is 1. The molecular weight excluding hydrogens is 282 g/mol. The van der Waals surface area contributed by atoms with E-state index in [2.05, 4.69) is 29.7 Å². The van der Waals surface area contributed by atoms with E-state index in [4.69, 9.17) is 0 Å². The zero-order valence-corrected chi connectivity index (χ0v) is 13.6. The summed E-state index contributed by atoms with van der Waals surface area (Å²) in [6.07, 6.45) is 1.97. The van der Waals surface area contributed by atoms with Gasteiger partial charge in [0.2, 0.25) is 0 Å². The smallest absolute Gasteiger partial charge is 0.252 e. The Morgan fingerprint density at radius 2 is 2.00 bits per heavy atom. The molecule has 4 nitrogen and oxygen atoms in total. The molecule has 1 aliphatic rings. The number of carbonyl (C=O) groups excluding carboxylic acids is 1. The molecule has 1 aromatic carbocycles. The highest BCUT2D eigenvalue weighted by molar-refractivity contribution is 7.99. The highest BCUT2D eigenvalue weighted by Gasteiger charge is 2.16. The van der Waals surface area contributed by atoms with Crippen LogP contribution in [-0.4, -0.2) is 37.0 Å². The number of nitrogens with zero attached hydrogens (tertiary/aromatic N) is 1. The average molecular weight is 306 g/mol. The first kappa shape index (κ1) is 16.0. The molecule has 1 atom stereocenters. The molecule has 1 heterocycles. The Morgan fingerprint density at radius 3 is 2.67 bits per heavy atom. The number of hydrogen-bond acceptors (Lipinski definition) is 3. The second-order valence-corrected chi connectivity index (χ2v) is 6.88. The molecule has 2 rings (SSSR count). The van der Waals surface area contributed by atoms with Crippen molar-refractivity contribution in [2.75, 3.05) is 20.1 Å². The molecule has 0 bridgehead atoms. The van der Waals surface area contributed by atoms with E-state index in [1.165, 1.54) is 10.5 Å². The summed E-state index contributed by atoms with van der Waals surface area (Å²) in [6.45, 7) is 4.14. The summed E-state index contributed by atoms with van der Waals surface area (Å²) < 4.78 is 0. The summed E-state index contributed by atoms with van der Waals surface area (Å²) in [6, 6.07) is 10.2. The van der Waals surface area contributed by atoms with Crippen LogP contribution in [0.4, 0.5) is 0 Å². The van der Waals surface area contributed by atoms with Gasteiger partial charge < -0.3 is 4.90 Å². The lowest BCUT2D eigenvalue weighted by Crippen LogP contribution is -3.10. The highest BCUT2D eigenvalue weighted by Crippen LogP contribution is 2.17. The number of rotatable bonds is 5. The third kappa shape index (κ3) is 5.52. The molecule has 0 radical (unpaired) electrons. The standard InChI is InChI=1S/C16H23N3OS/c1-13(21-12-14-6-4-3-5-7-14)16(20)18-17-15-8-10-19(2)11-9-15/h3-7,13H,8-12H2,1-2H3,(H,18,20)/p+1/t13-/m0/s1. The first-order valence-corrected chi connectivity index (χ1v) is 8.52. The van der Waals surface area contributed by atoms with Crippen molar-refractivity contribution in [3.8, 4) is 0 Å². The number of quaternary nitrogens is 1. The van der Waals surface area contributed by atoms with Crippen LogP contribution in [0.1, 0.15) is 25.3 Å². The summed E-state index contributed by atoms with van der Waals surface area (Å²) in [5, 5.41) is 4.19. The minimum atomic E-state index is -0.0913. The molecule has 1 aliphatic heterocycles. The maximum Gasteiger partial charge on any atom is 0.252 e. The van der Waals surface area contributed by atoms with Crippen molar-refractivity contribution in [1.82, 2.24) is 5.43 Å². The molecule has 0 aliphatic carbocycles. The Hall–Kier alpha value is -1.33. The van der Waals surface area contributed by atoms with Crippen molar-refractivity contribution in [2.45, 2.75) is 30.8 Å². The molecule has 0 unspecified atom stereocenters. The van der Waals surface area contributed by atoms with Gasteiger partial charge in [-0.05, 0) is 12.5 Å². The Kier molecular flexibility index (Phi) is 6.26. The van der Waals surface area contributed by atoms with Crippen molar-refractivity contribution < 1.29 is 9.69 Å². The quantitative estimate of drug-likeness (QED) is 0.800. The number of likely N-dealkylation sites (tertiary alicyclic amines) is 1. The lowest BCUT2D eigenvalue weighted by atomic mass is 10.1. The van der Waals surface area contributed by atoms with Gasteiger partial charge in [-0.25, -0.2) is 5.43 Å². The fourth-order valence-corrected chi connectivity index (χ4v) is 3.01. The second-order valence-electron chi connectivity index (χ2n) is 5.55. The van der Waals surface area contributed by atoms with Crippen molar-refractivity contribution >= 4 is 23.4 Å². The van der Waals surface area contributed by atoms with E-state index < -0.39 is 0 Å². The van der Waals surface area contributed by atoms with E-state index in [1.807, 2.05) is 25.1 Å². The molecule has 1 saturated heterocycles. The van der Waals surface area contributed by atoms with E-state index in [-0.39, 0.29) is 11.2 Å². The van der Waals surface area contributed by atoms with Gasteiger partial charge in [-0.1, -0.05) is 30.3 Å². The molecule has 1 aromatic rings. The first-order valence-electron chi connectivity index (χ1n) is 7.47. The van der Waals surface area contributed by atoms with E-state index >= 15 is 0 Å². The molecule has 0 saturated carbocycles. The Balaban J connectivity index is 1.73. The number of nitrogens with one attached hydrogen (secondary N) is 2. The van der Waals surface area contributed by atoms with Crippen LogP contribution in [0, 0.1) is 0 Å². The number of hydrogen-bond donors (Lipinski definition) is 2. The van der Waals surface area contributed by atoms with Crippen LogP contribution in [0.2, 0.25) is 0 Å². The first-order chi connectivity index (χ1) is 10.1. The zero-order valence-electron chi connectivity index (χ0n) is 12.8. The number of hydrazone groups is 1. The monoisotopic (exact) mass is 306 g/mol. The summed E-state index contributed by atoms with van der Waals surface area (Å²) in [7, 11) is 2.19. The minimum Gasteiger partial charge on any atom is -0.337 e. The largest absolute Gasteiger partial charge is 0.337 e. The molecule has 1 fully saturated rings. The Labute approximate surface area is 131 Å². The number of thioether (sulfide) groups is 1. The van der Waals surface area contributed by atoms with Crippen molar-refractivity contribution in [2.24, 2.45) is 5.10 Å². The van der Waals surface area contributed by atoms with Gasteiger partial charge in [0.25, 0.3) is 5.91 Å². The summed E-state index contributed by atoms with van der Waals surface area (Å²) >= 11 is 1.64. The molecule has 1 amide bonds. The van der Waals surface area contributed by atoms with Gasteiger partial charge in [-0.15, -0.1) is 11.8 Å². The molecule has 2 N–H and O–H groups in total. The van der Waals surface area contributed by atoms with Gasteiger partial charge >= 0.3 is 0 Å². The number of piperidine rings is 1. The van der Waals surface area contributed by atoms with Gasteiger partial charge in [0.05, 0.1) is 25.4 Å². The predicted molar refractivity (Wildman–Crippen MR) is 88.6 cm³/mol. The lowest BCUT2D eigenvalue weighted by Gasteiger charge is -2.20. The maximum absolute atomic E-state index is 12.0. The van der Waals surface area contributed by atoms with Crippen LogP contribution in [0.5, 0.6) is 0 Å². The third-order valence-electron chi connectivity index (χ3n) is 3.72. The van der Waals surface area contributed by atoms with Crippen molar-refractivity contribution in [3.63, 3.8) is 0 Å². The van der Waals surface area contributed by atoms with Crippen LogP contribution in [-0.2, 0) is 10.5 Å². The van der Waals surface area contributed by atoms with Crippen LogP contribution in [0.3, 0.4) is 0 Å². The van der Waals surface area contributed by atoms with Crippen LogP contribution in [0.15, 0.2) is 35.4 Å². The van der Waals surface area contributed by atoms with Gasteiger partial charge in [0, 0.05) is 24.3 Å². The summed E-state index contributed by atoms with van der Waals surface area (Å²) in [5.74, 6) is 0.842. The van der Waals surface area contributed by atoms with Gasteiger partial charge in [-0.2, -0.15) is 5.10 Å². The summed E-state index contributed by atoms with van der Waals surface area (Å²) in [4.78, 5) is 13.6. The third-order valence-corrected chi connectivity index (χ3v) is 4.93. The maximum atomic E-state index is 12.0. The van der Waals surface area contributed by atoms with Gasteiger partial charge in [0.15, 0.2) is 0 Å². The normalized spacial score (nSPS) is 19.9. The van der Waals surface area contributed by atoms with Crippen molar-refractivity contribution in [3.05, 3.63) is 35.9 Å². The second kappa shape index (κ2) is 8.20. The molecule has 0 spiro atoms. The molecule has 21 heavy (non-hydrogen) atoms. The lowest BCUT2D eigenvalue weighted by molar-refractivity contribution is -0.880. The average Bonchev–Trinajstić information content (AvgIpc) is 2.52. The predicted octanol–water partition coefficient (Wildman–Crippen LogP) is 1.09. The summed E-state index contributed by atoms with van der Waals surface area (Å²) in [5.41, 5.74) is 5.08. The molecule has 0 aromatic heterocycles. The van der Waals surface area contributed by atoms with E-state index in [0.29, 0.717) is 0 Å². The number of carbonyl (C=O) groups is 1. The van der Waals surface area contributed by atoms with Crippen molar-refractivity contribution in [1.29, 1.82) is 0 Å². The van der Waals surface area contributed by atoms with E-state index in [1.54, 1.807) is 11.8 Å². The van der Waals surface area contributed by atoms with Gasteiger partial charge in [0.1, 0.15) is 0 Å². The van der Waals surface area contributed by atoms with Gasteiger partial charge in [-0.3, -0.25) is 4.79 Å². The molecular formula is C16H24N3OS+. The fraction of sp³-hybridized carbons (Fsp3) is 0.500. The Bertz CT molecular complexity index is 480. The molecule has 114 valence electrons. The van der Waals surface area contributed by atoms with Crippen LogP contribution >= 0.6 is 11.8 Å². The van der Waals surface area contributed by atoms with E-state index in [9.17, 15) is 4.79 Å². The minimum absolute atomic E-state index is 0.00490. The number of amides is 1. The van der Waals surface area contributed by atoms with E-state index in [0.717, 1.165) is 37.4 Å². The topological polar surface area (TPSA) is 45.9 Å². The SMILES string of the molecule is C[C@H](SCc1ccccc1)C(=O)NN=C1CC[NH+](C)CC1. The molecule has 5 heteroatoms. The highest BCUT2D eigenvalue weighted by atomic mass is 32.2.